The molecule has 0 saturated carbocycles. The van der Waals surface area contributed by atoms with Crippen LogP contribution in [0.3, 0.4) is 0 Å². The molecule has 0 aliphatic heterocycles. The normalized spacial score (nSPS) is 13.9. The second kappa shape index (κ2) is 16.4. The number of aromatic nitrogens is 1. The summed E-state index contributed by atoms with van der Waals surface area (Å²) in [6.07, 6.45) is 11.2. The molecule has 0 fully saturated rings. The lowest BCUT2D eigenvalue weighted by molar-refractivity contribution is 0.0242. The molecule has 39 heavy (non-hydrogen) atoms. The van der Waals surface area contributed by atoms with Gasteiger partial charge in [0.25, 0.3) is 0 Å². The minimum Gasteiger partial charge on any atom is -0.504 e. The Morgan fingerprint density at radius 2 is 1.62 bits per heavy atom. The van der Waals surface area contributed by atoms with Crippen LogP contribution in [0.5, 0.6) is 11.5 Å². The minimum absolute atomic E-state index is 0.142. The van der Waals surface area contributed by atoms with Crippen LogP contribution < -0.4 is 10.5 Å². The highest BCUT2D eigenvalue weighted by Crippen LogP contribution is 2.28. The summed E-state index contributed by atoms with van der Waals surface area (Å²) >= 11 is 0. The van der Waals surface area contributed by atoms with Gasteiger partial charge in [-0.3, -0.25) is 0 Å². The third-order valence-electron chi connectivity index (χ3n) is 7.44. The third kappa shape index (κ3) is 10.7. The maximum absolute atomic E-state index is 10.3. The molecule has 7 heteroatoms. The number of aliphatic hydroxyl groups is 2. The van der Waals surface area contributed by atoms with Crippen molar-refractivity contribution in [3.63, 3.8) is 0 Å². The molecule has 0 radical (unpaired) electrons. The Bertz CT molecular complexity index is 1090. The molecule has 0 aliphatic rings. The summed E-state index contributed by atoms with van der Waals surface area (Å²) in [5.74, 6) is 2.96. The lowest BCUT2D eigenvalue weighted by Gasteiger charge is -2.16. The lowest BCUT2D eigenvalue weighted by atomic mass is 9.95. The first-order chi connectivity index (χ1) is 18.9. The minimum atomic E-state index is -0.708. The summed E-state index contributed by atoms with van der Waals surface area (Å²) < 4.78 is 12.0. The van der Waals surface area contributed by atoms with Crippen molar-refractivity contribution in [3.05, 3.63) is 70.9 Å². The molecule has 3 atom stereocenters. The van der Waals surface area contributed by atoms with Crippen molar-refractivity contribution in [1.29, 1.82) is 0 Å². The number of nitrogens with one attached hydrogen (secondary N) is 1. The molecular formula is C32H48N2O5. The molecule has 0 spiro atoms. The van der Waals surface area contributed by atoms with Crippen LogP contribution in [0.2, 0.25) is 0 Å². The van der Waals surface area contributed by atoms with E-state index < -0.39 is 12.2 Å². The number of nitrogens with two attached hydrogens (primary N) is 1. The molecule has 216 valence electrons. The summed E-state index contributed by atoms with van der Waals surface area (Å²) in [4.78, 5) is 3.30. The van der Waals surface area contributed by atoms with Gasteiger partial charge in [0.1, 0.15) is 11.5 Å². The summed E-state index contributed by atoms with van der Waals surface area (Å²) in [5, 5.41) is 29.6. The second-order valence-electron chi connectivity index (χ2n) is 10.8. The number of phenolic OH excluding ortho intramolecular Hbond substituents is 1. The van der Waals surface area contributed by atoms with E-state index in [1.807, 2.05) is 18.3 Å². The van der Waals surface area contributed by atoms with Gasteiger partial charge in [-0.05, 0) is 92.9 Å². The Morgan fingerprint density at radius 1 is 0.872 bits per heavy atom. The monoisotopic (exact) mass is 540 g/mol. The van der Waals surface area contributed by atoms with E-state index in [1.54, 1.807) is 13.0 Å². The topological polar surface area (TPSA) is 125 Å². The molecule has 0 bridgehead atoms. The predicted octanol–water partition coefficient (Wildman–Crippen LogP) is 5.80. The SMILES string of the molecule is CC(CCC(O)C(C)O)c1c[nH]c(CCOc2cc(CCc3ccc(CCCCCCCN)o3)ccc2O)c1. The fourth-order valence-corrected chi connectivity index (χ4v) is 4.75. The van der Waals surface area contributed by atoms with Gasteiger partial charge in [0.05, 0.1) is 18.8 Å². The first-order valence-corrected chi connectivity index (χ1v) is 14.6. The smallest absolute Gasteiger partial charge is 0.161 e. The van der Waals surface area contributed by atoms with Gasteiger partial charge in [-0.15, -0.1) is 0 Å². The molecule has 3 rings (SSSR count). The molecule has 2 aromatic heterocycles. The van der Waals surface area contributed by atoms with Gasteiger partial charge in [-0.1, -0.05) is 32.3 Å². The molecule has 2 heterocycles. The summed E-state index contributed by atoms with van der Waals surface area (Å²) in [5.41, 5.74) is 8.88. The van der Waals surface area contributed by atoms with Crippen LogP contribution in [-0.2, 0) is 25.7 Å². The van der Waals surface area contributed by atoms with Crippen LogP contribution in [-0.4, -0.2) is 45.7 Å². The highest BCUT2D eigenvalue weighted by Gasteiger charge is 2.15. The van der Waals surface area contributed by atoms with E-state index in [-0.39, 0.29) is 11.7 Å². The Balaban J connectivity index is 1.40. The van der Waals surface area contributed by atoms with Crippen molar-refractivity contribution in [2.45, 2.75) is 103 Å². The number of benzene rings is 1. The number of rotatable bonds is 19. The van der Waals surface area contributed by atoms with Crippen LogP contribution >= 0.6 is 0 Å². The van der Waals surface area contributed by atoms with Crippen molar-refractivity contribution in [2.24, 2.45) is 5.73 Å². The van der Waals surface area contributed by atoms with E-state index in [4.69, 9.17) is 14.9 Å². The molecule has 6 N–H and O–H groups in total. The van der Waals surface area contributed by atoms with Crippen molar-refractivity contribution < 1.29 is 24.5 Å². The maximum atomic E-state index is 10.3. The average Bonchev–Trinajstić information content (AvgIpc) is 3.59. The molecular weight excluding hydrogens is 492 g/mol. The number of furan rings is 1. The first-order valence-electron chi connectivity index (χ1n) is 14.6. The number of aromatic amines is 1. The second-order valence-corrected chi connectivity index (χ2v) is 10.8. The molecule has 0 aliphatic carbocycles. The largest absolute Gasteiger partial charge is 0.504 e. The van der Waals surface area contributed by atoms with E-state index in [0.717, 1.165) is 67.8 Å². The van der Waals surface area contributed by atoms with Gasteiger partial charge >= 0.3 is 0 Å². The number of aryl methyl sites for hydroxylation is 3. The van der Waals surface area contributed by atoms with E-state index in [1.165, 1.54) is 24.8 Å². The highest BCUT2D eigenvalue weighted by atomic mass is 16.5. The summed E-state index contributed by atoms with van der Waals surface area (Å²) in [7, 11) is 0. The van der Waals surface area contributed by atoms with Crippen molar-refractivity contribution >= 4 is 0 Å². The average molecular weight is 541 g/mol. The Hall–Kier alpha value is -2.74. The van der Waals surface area contributed by atoms with E-state index >= 15 is 0 Å². The highest BCUT2D eigenvalue weighted by molar-refractivity contribution is 5.42. The van der Waals surface area contributed by atoms with E-state index in [9.17, 15) is 15.3 Å². The number of unbranched alkanes of at least 4 members (excludes halogenated alkanes) is 4. The molecule has 0 saturated heterocycles. The zero-order valence-electron chi connectivity index (χ0n) is 23.7. The van der Waals surface area contributed by atoms with Gasteiger partial charge in [-0.25, -0.2) is 0 Å². The van der Waals surface area contributed by atoms with Crippen LogP contribution in [0.4, 0.5) is 0 Å². The predicted molar refractivity (Wildman–Crippen MR) is 155 cm³/mol. The third-order valence-corrected chi connectivity index (χ3v) is 7.44. The Morgan fingerprint density at radius 3 is 2.38 bits per heavy atom. The number of H-pyrrole nitrogens is 1. The number of hydrogen-bond acceptors (Lipinski definition) is 6. The summed E-state index contributed by atoms with van der Waals surface area (Å²) in [6.45, 7) is 4.96. The Labute approximate surface area is 233 Å². The maximum Gasteiger partial charge on any atom is 0.161 e. The Kier molecular flexibility index (Phi) is 12.9. The summed E-state index contributed by atoms with van der Waals surface area (Å²) in [6, 6.07) is 11.8. The van der Waals surface area contributed by atoms with Gasteiger partial charge in [-0.2, -0.15) is 0 Å². The number of aromatic hydroxyl groups is 1. The fourth-order valence-electron chi connectivity index (χ4n) is 4.75. The van der Waals surface area contributed by atoms with Gasteiger partial charge in [0.2, 0.25) is 0 Å². The molecule has 7 nitrogen and oxygen atoms in total. The zero-order chi connectivity index (χ0) is 28.0. The van der Waals surface area contributed by atoms with Crippen LogP contribution in [0.1, 0.15) is 93.1 Å². The number of aliphatic hydroxyl groups excluding tert-OH is 2. The number of hydrogen-bond donors (Lipinski definition) is 5. The van der Waals surface area contributed by atoms with Crippen molar-refractivity contribution in [3.8, 4) is 11.5 Å². The van der Waals surface area contributed by atoms with Crippen LogP contribution in [0.25, 0.3) is 0 Å². The zero-order valence-corrected chi connectivity index (χ0v) is 23.7. The van der Waals surface area contributed by atoms with Crippen molar-refractivity contribution in [2.75, 3.05) is 13.2 Å². The molecule has 3 aromatic rings. The van der Waals surface area contributed by atoms with E-state index in [0.29, 0.717) is 25.2 Å². The lowest BCUT2D eigenvalue weighted by Crippen LogP contribution is -2.22. The van der Waals surface area contributed by atoms with Crippen molar-refractivity contribution in [1.82, 2.24) is 4.98 Å². The van der Waals surface area contributed by atoms with Gasteiger partial charge < -0.3 is 35.2 Å². The van der Waals surface area contributed by atoms with Gasteiger partial charge in [0.15, 0.2) is 11.5 Å². The quantitative estimate of drug-likeness (QED) is 0.122. The van der Waals surface area contributed by atoms with Crippen LogP contribution in [0, 0.1) is 0 Å². The number of ether oxygens (including phenoxy) is 1. The van der Waals surface area contributed by atoms with Gasteiger partial charge in [0, 0.05) is 31.2 Å². The fraction of sp³-hybridized carbons (Fsp3) is 0.562. The molecule has 1 aromatic carbocycles. The standard InChI is InChI=1S/C32H48N2O5/c1-23(9-15-30(36)24(2)35)26-21-27(34-22-26)17-19-38-32-20-25(11-16-31(32)37)10-12-29-14-13-28(39-29)8-6-4-3-5-7-18-33/h11,13-14,16,20-24,30,34-37H,3-10,12,15,17-19,33H2,1-2H3. The van der Waals surface area contributed by atoms with Crippen LogP contribution in [0.15, 0.2) is 47.0 Å². The molecule has 0 amide bonds. The number of phenols is 1. The first kappa shape index (κ1) is 30.8. The molecule has 3 unspecified atom stereocenters. The van der Waals surface area contributed by atoms with E-state index in [2.05, 4.69) is 30.1 Å².